The molecular formula is C8H13N3O2. The van der Waals surface area contributed by atoms with Crippen LogP contribution in [0.3, 0.4) is 0 Å². The van der Waals surface area contributed by atoms with Gasteiger partial charge in [0.1, 0.15) is 0 Å². The van der Waals surface area contributed by atoms with Crippen molar-refractivity contribution in [2.75, 3.05) is 20.3 Å². The van der Waals surface area contributed by atoms with Gasteiger partial charge in [0, 0.05) is 6.61 Å². The first-order valence-corrected chi connectivity index (χ1v) is 4.45. The number of aromatic nitrogens is 2. The monoisotopic (exact) mass is 183 g/mol. The third-order valence-electron chi connectivity index (χ3n) is 2.09. The Morgan fingerprint density at radius 1 is 1.54 bits per heavy atom. The molecule has 1 aromatic heterocycles. The summed E-state index contributed by atoms with van der Waals surface area (Å²) in [7, 11) is 1.85. The Kier molecular flexibility index (Phi) is 2.56. The summed E-state index contributed by atoms with van der Waals surface area (Å²) in [6.45, 7) is 2.14. The van der Waals surface area contributed by atoms with Gasteiger partial charge in [-0.15, -0.1) is 10.2 Å². The Bertz CT molecular complexity index is 268. The maximum atomic E-state index is 5.44. The fraction of sp³-hybridized carbons (Fsp3) is 0.750. The van der Waals surface area contributed by atoms with Crippen molar-refractivity contribution in [1.29, 1.82) is 0 Å². The molecule has 0 aliphatic carbocycles. The van der Waals surface area contributed by atoms with E-state index >= 15 is 0 Å². The Labute approximate surface area is 76.5 Å². The van der Waals surface area contributed by atoms with Gasteiger partial charge < -0.3 is 14.5 Å². The zero-order valence-electron chi connectivity index (χ0n) is 7.62. The van der Waals surface area contributed by atoms with Gasteiger partial charge in [-0.2, -0.15) is 0 Å². The molecule has 1 N–H and O–H groups in total. The third kappa shape index (κ3) is 1.87. The number of hydrogen-bond acceptors (Lipinski definition) is 5. The largest absolute Gasteiger partial charge is 0.423 e. The Morgan fingerprint density at radius 3 is 3.15 bits per heavy atom. The molecule has 5 nitrogen and oxygen atoms in total. The van der Waals surface area contributed by atoms with Crippen molar-refractivity contribution >= 4 is 0 Å². The first-order chi connectivity index (χ1) is 6.40. The lowest BCUT2D eigenvalue weighted by atomic mass is 10.1. The van der Waals surface area contributed by atoms with Crippen LogP contribution < -0.4 is 5.32 Å². The van der Waals surface area contributed by atoms with Gasteiger partial charge in [0.15, 0.2) is 0 Å². The SMILES string of the molecule is CNCc1nnc(C2CCOC2)o1. The fourth-order valence-corrected chi connectivity index (χ4v) is 1.38. The Balaban J connectivity index is 2.03. The summed E-state index contributed by atoms with van der Waals surface area (Å²) in [6.07, 6.45) is 0.987. The van der Waals surface area contributed by atoms with Crippen LogP contribution in [0.1, 0.15) is 24.1 Å². The summed E-state index contributed by atoms with van der Waals surface area (Å²) in [5.41, 5.74) is 0. The minimum atomic E-state index is 0.304. The highest BCUT2D eigenvalue weighted by molar-refractivity contribution is 4.93. The van der Waals surface area contributed by atoms with Gasteiger partial charge in [-0.05, 0) is 13.5 Å². The van der Waals surface area contributed by atoms with E-state index in [9.17, 15) is 0 Å². The highest BCUT2D eigenvalue weighted by Crippen LogP contribution is 2.23. The van der Waals surface area contributed by atoms with Crippen molar-refractivity contribution in [2.45, 2.75) is 18.9 Å². The van der Waals surface area contributed by atoms with Crippen LogP contribution in [0.5, 0.6) is 0 Å². The zero-order valence-corrected chi connectivity index (χ0v) is 7.62. The van der Waals surface area contributed by atoms with Crippen LogP contribution in [0.2, 0.25) is 0 Å². The molecule has 1 aliphatic rings. The van der Waals surface area contributed by atoms with E-state index in [1.165, 1.54) is 0 Å². The minimum Gasteiger partial charge on any atom is -0.423 e. The molecule has 5 heteroatoms. The average molecular weight is 183 g/mol. The minimum absolute atomic E-state index is 0.304. The average Bonchev–Trinajstić information content (AvgIpc) is 2.70. The summed E-state index contributed by atoms with van der Waals surface area (Å²) in [6, 6.07) is 0. The molecule has 0 amide bonds. The lowest BCUT2D eigenvalue weighted by Crippen LogP contribution is -2.04. The number of nitrogens with one attached hydrogen (secondary N) is 1. The van der Waals surface area contributed by atoms with Crippen LogP contribution in [-0.4, -0.2) is 30.5 Å². The van der Waals surface area contributed by atoms with Crippen molar-refractivity contribution in [1.82, 2.24) is 15.5 Å². The lowest BCUT2D eigenvalue weighted by Gasteiger charge is -1.98. The number of ether oxygens (including phenoxy) is 1. The van der Waals surface area contributed by atoms with Crippen molar-refractivity contribution < 1.29 is 9.15 Å². The lowest BCUT2D eigenvalue weighted by molar-refractivity contribution is 0.190. The molecule has 1 saturated heterocycles. The van der Waals surface area contributed by atoms with E-state index in [-0.39, 0.29) is 0 Å². The fourth-order valence-electron chi connectivity index (χ4n) is 1.38. The van der Waals surface area contributed by atoms with Crippen molar-refractivity contribution in [3.63, 3.8) is 0 Å². The predicted octanol–water partition coefficient (Wildman–Crippen LogP) is 0.293. The molecule has 0 radical (unpaired) electrons. The molecule has 72 valence electrons. The molecule has 1 atom stereocenters. The van der Waals surface area contributed by atoms with Crippen molar-refractivity contribution in [3.05, 3.63) is 11.8 Å². The second-order valence-corrected chi connectivity index (χ2v) is 3.12. The molecule has 1 fully saturated rings. The molecule has 0 saturated carbocycles. The van der Waals surface area contributed by atoms with E-state index in [2.05, 4.69) is 15.5 Å². The second kappa shape index (κ2) is 3.85. The molecule has 2 heterocycles. The normalized spacial score (nSPS) is 22.4. The molecule has 13 heavy (non-hydrogen) atoms. The summed E-state index contributed by atoms with van der Waals surface area (Å²) in [5, 5.41) is 10.9. The van der Waals surface area contributed by atoms with Crippen LogP contribution in [0.15, 0.2) is 4.42 Å². The molecule has 1 aliphatic heterocycles. The van der Waals surface area contributed by atoms with Crippen LogP contribution >= 0.6 is 0 Å². The third-order valence-corrected chi connectivity index (χ3v) is 2.09. The maximum Gasteiger partial charge on any atom is 0.230 e. The summed E-state index contributed by atoms with van der Waals surface area (Å²) >= 11 is 0. The van der Waals surface area contributed by atoms with Gasteiger partial charge in [0.25, 0.3) is 0 Å². The van der Waals surface area contributed by atoms with Crippen LogP contribution in [0.4, 0.5) is 0 Å². The zero-order chi connectivity index (χ0) is 9.10. The maximum absolute atomic E-state index is 5.44. The Hall–Kier alpha value is -0.940. The standard InChI is InChI=1S/C8H13N3O2/c1-9-4-7-10-11-8(13-7)6-2-3-12-5-6/h6,9H,2-5H2,1H3. The van der Waals surface area contributed by atoms with Gasteiger partial charge in [-0.1, -0.05) is 0 Å². The first-order valence-electron chi connectivity index (χ1n) is 4.45. The van der Waals surface area contributed by atoms with Gasteiger partial charge in [0.05, 0.1) is 19.1 Å². The van der Waals surface area contributed by atoms with Crippen molar-refractivity contribution in [3.8, 4) is 0 Å². The molecule has 2 rings (SSSR count). The number of nitrogens with zero attached hydrogens (tertiary/aromatic N) is 2. The van der Waals surface area contributed by atoms with Crippen molar-refractivity contribution in [2.24, 2.45) is 0 Å². The van der Waals surface area contributed by atoms with Gasteiger partial charge in [0.2, 0.25) is 11.8 Å². The molecule has 0 bridgehead atoms. The van der Waals surface area contributed by atoms with E-state index in [1.54, 1.807) is 0 Å². The van der Waals surface area contributed by atoms with Crippen LogP contribution in [0, 0.1) is 0 Å². The number of rotatable bonds is 3. The van der Waals surface area contributed by atoms with Gasteiger partial charge in [-0.25, -0.2) is 0 Å². The van der Waals surface area contributed by atoms with Crippen LogP contribution in [0.25, 0.3) is 0 Å². The summed E-state index contributed by atoms with van der Waals surface area (Å²) in [4.78, 5) is 0. The van der Waals surface area contributed by atoms with E-state index in [0.29, 0.717) is 30.9 Å². The van der Waals surface area contributed by atoms with Gasteiger partial charge >= 0.3 is 0 Å². The highest BCUT2D eigenvalue weighted by atomic mass is 16.5. The van der Waals surface area contributed by atoms with E-state index < -0.39 is 0 Å². The summed E-state index contributed by atoms with van der Waals surface area (Å²) in [5.74, 6) is 1.66. The number of hydrogen-bond donors (Lipinski definition) is 1. The summed E-state index contributed by atoms with van der Waals surface area (Å²) < 4.78 is 10.7. The second-order valence-electron chi connectivity index (χ2n) is 3.12. The van der Waals surface area contributed by atoms with Crippen LogP contribution in [-0.2, 0) is 11.3 Å². The Morgan fingerprint density at radius 2 is 2.46 bits per heavy atom. The van der Waals surface area contributed by atoms with E-state index in [4.69, 9.17) is 9.15 Å². The smallest absolute Gasteiger partial charge is 0.230 e. The molecule has 1 aromatic rings. The molecule has 1 unspecified atom stereocenters. The highest BCUT2D eigenvalue weighted by Gasteiger charge is 2.23. The molecule has 0 aromatic carbocycles. The van der Waals surface area contributed by atoms with E-state index in [1.807, 2.05) is 7.05 Å². The van der Waals surface area contributed by atoms with E-state index in [0.717, 1.165) is 13.0 Å². The predicted molar refractivity (Wildman–Crippen MR) is 45.2 cm³/mol. The quantitative estimate of drug-likeness (QED) is 0.730. The molecular weight excluding hydrogens is 170 g/mol. The first kappa shape index (κ1) is 8.65. The van der Waals surface area contributed by atoms with Gasteiger partial charge in [-0.3, -0.25) is 0 Å². The topological polar surface area (TPSA) is 60.2 Å². The molecule has 0 spiro atoms.